The molecule has 0 saturated heterocycles. The molecular weight excluding hydrogens is 487 g/mol. The summed E-state index contributed by atoms with van der Waals surface area (Å²) >= 11 is 0. The van der Waals surface area contributed by atoms with E-state index in [2.05, 4.69) is 28.5 Å². The maximum atomic E-state index is 11.6. The van der Waals surface area contributed by atoms with Gasteiger partial charge in [0.05, 0.1) is 27.1 Å². The van der Waals surface area contributed by atoms with Gasteiger partial charge in [-0.3, -0.25) is 9.52 Å². The van der Waals surface area contributed by atoms with Crippen molar-refractivity contribution in [3.63, 3.8) is 0 Å². The van der Waals surface area contributed by atoms with Crippen LogP contribution in [0.3, 0.4) is 0 Å². The predicted molar refractivity (Wildman–Crippen MR) is 139 cm³/mol. The topological polar surface area (TPSA) is 90.9 Å². The third-order valence-electron chi connectivity index (χ3n) is 5.63. The molecule has 0 heterocycles. The molecule has 1 saturated carbocycles. The van der Waals surface area contributed by atoms with E-state index >= 15 is 0 Å². The van der Waals surface area contributed by atoms with Crippen molar-refractivity contribution in [2.45, 2.75) is 83.0 Å². The lowest BCUT2D eigenvalue weighted by molar-refractivity contribution is -0.119. The Morgan fingerprint density at radius 3 is 2.69 bits per heavy atom. The molecule has 7 nitrogen and oxygen atoms in total. The summed E-state index contributed by atoms with van der Waals surface area (Å²) in [4.78, 5) is 11.6. The normalized spacial score (nSPS) is 26.6. The first-order valence-electron chi connectivity index (χ1n) is 12.1. The smallest absolute Gasteiger partial charge is 0.233 e. The van der Waals surface area contributed by atoms with Crippen molar-refractivity contribution in [2.75, 3.05) is 6.26 Å². The van der Waals surface area contributed by atoms with E-state index in [-0.39, 0.29) is 55.4 Å². The minimum atomic E-state index is -3.51. The average Bonchev–Trinajstić information content (AvgIpc) is 3.10. The van der Waals surface area contributed by atoms with Crippen molar-refractivity contribution >= 4 is 44.2 Å². The van der Waals surface area contributed by atoms with Gasteiger partial charge in [0.2, 0.25) is 15.9 Å². The number of hydrogen-bond donors (Lipinski definition) is 1. The van der Waals surface area contributed by atoms with Gasteiger partial charge in [0.1, 0.15) is 0 Å². The van der Waals surface area contributed by atoms with Crippen LogP contribution in [0.1, 0.15) is 64.7 Å². The van der Waals surface area contributed by atoms with Gasteiger partial charge in [0.15, 0.2) is 0 Å². The monoisotopic (exact) mass is 531 g/mol. The van der Waals surface area contributed by atoms with Crippen LogP contribution in [0, 0.1) is 11.8 Å². The minimum absolute atomic E-state index is 0.0244. The lowest BCUT2D eigenvalue weighted by Gasteiger charge is -2.22. The Balaban J connectivity index is 2.73. The van der Waals surface area contributed by atoms with E-state index in [0.29, 0.717) is 19.3 Å². The molecular formula is C21H40NO6P3S. The maximum Gasteiger partial charge on any atom is 0.233 e. The molecule has 186 valence electrons. The first kappa shape index (κ1) is 26.7. The summed E-state index contributed by atoms with van der Waals surface area (Å²) < 4.78 is 56.2. The number of nitrogens with one attached hydrogen (secondary N) is 1. The summed E-state index contributed by atoms with van der Waals surface area (Å²) in [6.07, 6.45) is 16.0. The molecule has 0 spiro atoms. The molecule has 8 atom stereocenters. The van der Waals surface area contributed by atoms with Crippen LogP contribution in [0.4, 0.5) is 0 Å². The van der Waals surface area contributed by atoms with Gasteiger partial charge in [-0.05, 0) is 31.6 Å². The van der Waals surface area contributed by atoms with Crippen LogP contribution in [0.5, 0.6) is 0 Å². The number of rotatable bonds is 18. The highest BCUT2D eigenvalue weighted by molar-refractivity contribution is 7.89. The van der Waals surface area contributed by atoms with Gasteiger partial charge in [-0.2, -0.15) is 0 Å². The standard InChI is InChI=1S/C21H40NO6P3S/c1-3-4-7-10-16(26-29)13-14-18-17(19(27-30)15-20(18)28-31)11-8-5-6-9-12-21(23)22-32(2,24)25/h5,8,13-14,16-20H,3-4,6-7,9-12,15,29-31H2,1-2H3,(H,22,23)/t16-,17+,18+,19-,20+/m0/s1/i29T,31T/t16-,17+,18+,19-,20+,29?,31?. The first-order valence-corrected chi connectivity index (χ1v) is 14.3. The molecule has 1 aliphatic rings. The van der Waals surface area contributed by atoms with Crippen LogP contribution in [0.2, 0.25) is 0 Å². The van der Waals surface area contributed by atoms with Crippen LogP contribution in [0.15, 0.2) is 24.3 Å². The second kappa shape index (κ2) is 16.7. The van der Waals surface area contributed by atoms with Crippen LogP contribution in [-0.2, 0) is 28.4 Å². The zero-order valence-corrected chi connectivity index (χ0v) is 23.0. The van der Waals surface area contributed by atoms with Gasteiger partial charge in [-0.25, -0.2) is 8.42 Å². The molecule has 1 amide bonds. The summed E-state index contributed by atoms with van der Waals surface area (Å²) in [5.41, 5.74) is 0. The Morgan fingerprint density at radius 1 is 1.22 bits per heavy atom. The molecule has 3 unspecified atom stereocenters. The highest BCUT2D eigenvalue weighted by Crippen LogP contribution is 2.41. The van der Waals surface area contributed by atoms with Crippen molar-refractivity contribution in [1.82, 2.24) is 4.72 Å². The fourth-order valence-corrected chi connectivity index (χ4v) is 5.27. The van der Waals surface area contributed by atoms with Crippen LogP contribution in [0.25, 0.3) is 0 Å². The van der Waals surface area contributed by atoms with Crippen molar-refractivity contribution in [2.24, 2.45) is 11.8 Å². The summed E-state index contributed by atoms with van der Waals surface area (Å²) in [5, 5.41) is 0. The quantitative estimate of drug-likeness (QED) is 0.159. The average molecular weight is 532 g/mol. The van der Waals surface area contributed by atoms with Gasteiger partial charge in [0.25, 0.3) is 0 Å². The van der Waals surface area contributed by atoms with Crippen LogP contribution >= 0.6 is 28.3 Å². The van der Waals surface area contributed by atoms with Gasteiger partial charge in [-0.15, -0.1) is 0 Å². The molecule has 0 aromatic heterocycles. The predicted octanol–water partition coefficient (Wildman–Crippen LogP) is 4.48. The fourth-order valence-electron chi connectivity index (χ4n) is 3.99. The molecule has 0 aromatic rings. The van der Waals surface area contributed by atoms with Crippen molar-refractivity contribution < 1.29 is 26.8 Å². The maximum absolute atomic E-state index is 11.6. The molecule has 0 aromatic carbocycles. The minimum Gasteiger partial charge on any atom is -0.362 e. The lowest BCUT2D eigenvalue weighted by Crippen LogP contribution is -2.28. The molecule has 32 heavy (non-hydrogen) atoms. The SMILES string of the molecule is [3H]PO[C@H](C=C[C@@H]1[C@@H](CC=CCCCC(=O)NS(C)(=O)=O)[C@@H](OP)C[C@H]1OP[3H])CCCCC. The largest absolute Gasteiger partial charge is 0.362 e. The highest BCUT2D eigenvalue weighted by Gasteiger charge is 2.41. The molecule has 0 aliphatic heterocycles. The Kier molecular flexibility index (Phi) is 13.9. The lowest BCUT2D eigenvalue weighted by atomic mass is 9.89. The number of allylic oxidation sites excluding steroid dienone is 2. The Labute approximate surface area is 203 Å². The van der Waals surface area contributed by atoms with Crippen molar-refractivity contribution in [3.05, 3.63) is 24.3 Å². The molecule has 1 rings (SSSR count). The zero-order valence-electron chi connectivity index (χ0n) is 21.0. The molecule has 1 fully saturated rings. The van der Waals surface area contributed by atoms with E-state index in [1.807, 2.05) is 16.9 Å². The third kappa shape index (κ3) is 12.0. The number of unbranched alkanes of at least 4 members (excludes halogenated alkanes) is 3. The Bertz CT molecular complexity index is 744. The molecule has 1 aliphatic carbocycles. The Hall–Kier alpha value is 0.0700. The number of hydrogen-bond acceptors (Lipinski definition) is 6. The summed E-state index contributed by atoms with van der Waals surface area (Å²) in [7, 11) is -1.83. The van der Waals surface area contributed by atoms with Crippen LogP contribution in [-0.4, -0.2) is 41.4 Å². The summed E-state index contributed by atoms with van der Waals surface area (Å²) in [6, 6.07) is 0. The number of carbonyl (C=O) groups is 1. The molecule has 0 radical (unpaired) electrons. The summed E-state index contributed by atoms with van der Waals surface area (Å²) in [5.74, 6) is -0.261. The second-order valence-electron chi connectivity index (χ2n) is 8.24. The van der Waals surface area contributed by atoms with Crippen molar-refractivity contribution in [1.29, 1.82) is 2.56 Å². The van der Waals surface area contributed by atoms with E-state index in [9.17, 15) is 13.2 Å². The summed E-state index contributed by atoms with van der Waals surface area (Å²) in [6.45, 7) is 2.16. The van der Waals surface area contributed by atoms with E-state index in [4.69, 9.17) is 16.1 Å². The number of amides is 1. The van der Waals surface area contributed by atoms with Crippen molar-refractivity contribution in [3.8, 4) is 0 Å². The van der Waals surface area contributed by atoms with Gasteiger partial charge in [-0.1, -0.05) is 50.5 Å². The third-order valence-corrected chi connectivity index (χ3v) is 7.19. The highest BCUT2D eigenvalue weighted by atomic mass is 32.2. The first-order chi connectivity index (χ1) is 16.3. The van der Waals surface area contributed by atoms with Crippen LogP contribution < -0.4 is 4.72 Å². The number of carbonyl (C=O) groups excluding carboxylic acids is 1. The van der Waals surface area contributed by atoms with Gasteiger partial charge in [0, 0.05) is 47.0 Å². The molecule has 0 bridgehead atoms. The second-order valence-corrected chi connectivity index (χ2v) is 10.7. The Morgan fingerprint density at radius 2 is 2.03 bits per heavy atom. The fraction of sp³-hybridized carbons (Fsp3) is 0.762. The van der Waals surface area contributed by atoms with E-state index in [1.165, 1.54) is 0 Å². The molecule has 11 heteroatoms. The van der Waals surface area contributed by atoms with E-state index in [0.717, 1.165) is 38.4 Å². The number of sulfonamides is 1. The van der Waals surface area contributed by atoms with E-state index < -0.39 is 15.9 Å². The van der Waals surface area contributed by atoms with E-state index in [1.54, 1.807) is 0 Å². The molecule has 1 N–H and O–H groups in total. The zero-order chi connectivity index (χ0) is 25.4. The van der Waals surface area contributed by atoms with Gasteiger partial charge >= 0.3 is 0 Å². The van der Waals surface area contributed by atoms with Gasteiger partial charge < -0.3 is 13.6 Å².